The smallest absolute Gasteiger partial charge is 0.269 e. The van der Waals surface area contributed by atoms with E-state index in [1.165, 1.54) is 29.5 Å². The van der Waals surface area contributed by atoms with E-state index in [1.807, 2.05) is 38.1 Å². The largest absolute Gasteiger partial charge is 0.272 e. The second-order valence-electron chi connectivity index (χ2n) is 5.55. The summed E-state index contributed by atoms with van der Waals surface area (Å²) in [4.78, 5) is 23.4. The minimum Gasteiger partial charge on any atom is -0.272 e. The predicted octanol–water partition coefficient (Wildman–Crippen LogP) is 3.92. The van der Waals surface area contributed by atoms with E-state index in [0.29, 0.717) is 11.3 Å². The van der Waals surface area contributed by atoms with Gasteiger partial charge in [-0.1, -0.05) is 17.7 Å². The van der Waals surface area contributed by atoms with Crippen LogP contribution in [0.1, 0.15) is 25.0 Å². The monoisotopic (exact) mass is 357 g/mol. The fourth-order valence-electron chi connectivity index (χ4n) is 1.99. The number of benzene rings is 2. The molecule has 7 heteroatoms. The van der Waals surface area contributed by atoms with Gasteiger partial charge in [0.15, 0.2) is 0 Å². The maximum Gasteiger partial charge on any atom is 0.269 e. The van der Waals surface area contributed by atoms with Crippen LogP contribution in [0.5, 0.6) is 0 Å². The van der Waals surface area contributed by atoms with E-state index >= 15 is 0 Å². The van der Waals surface area contributed by atoms with Gasteiger partial charge >= 0.3 is 0 Å². The van der Waals surface area contributed by atoms with Gasteiger partial charge in [0.1, 0.15) is 0 Å². The lowest BCUT2D eigenvalue weighted by Gasteiger charge is -2.10. The van der Waals surface area contributed by atoms with Crippen molar-refractivity contribution < 1.29 is 9.72 Å². The highest BCUT2D eigenvalue weighted by Gasteiger charge is 2.14. The van der Waals surface area contributed by atoms with Crippen molar-refractivity contribution in [2.45, 2.75) is 30.9 Å². The van der Waals surface area contributed by atoms with Crippen molar-refractivity contribution in [2.24, 2.45) is 5.10 Å². The molecule has 0 bridgehead atoms. The van der Waals surface area contributed by atoms with Crippen LogP contribution in [0.4, 0.5) is 5.69 Å². The van der Waals surface area contributed by atoms with Gasteiger partial charge in [-0.2, -0.15) is 5.10 Å². The van der Waals surface area contributed by atoms with Gasteiger partial charge in [-0.15, -0.1) is 11.8 Å². The van der Waals surface area contributed by atoms with Gasteiger partial charge < -0.3 is 0 Å². The number of rotatable bonds is 6. The Morgan fingerprint density at radius 3 is 2.32 bits per heavy atom. The van der Waals surface area contributed by atoms with Gasteiger partial charge in [-0.25, -0.2) is 5.43 Å². The molecule has 1 amide bonds. The number of amides is 1. The Morgan fingerprint density at radius 2 is 1.76 bits per heavy atom. The molecule has 0 aliphatic rings. The Morgan fingerprint density at radius 1 is 1.16 bits per heavy atom. The second kappa shape index (κ2) is 8.43. The van der Waals surface area contributed by atoms with Gasteiger partial charge in [-0.05, 0) is 50.6 Å². The van der Waals surface area contributed by atoms with Crippen LogP contribution >= 0.6 is 11.8 Å². The molecule has 1 atom stereocenters. The number of nitrogens with one attached hydrogen (secondary N) is 1. The third kappa shape index (κ3) is 5.42. The number of thioether (sulfide) groups is 1. The number of non-ortho nitro benzene ring substituents is 1. The molecule has 25 heavy (non-hydrogen) atoms. The quantitative estimate of drug-likeness (QED) is 0.367. The minimum absolute atomic E-state index is 0.0173. The highest BCUT2D eigenvalue weighted by atomic mass is 32.2. The van der Waals surface area contributed by atoms with E-state index < -0.39 is 4.92 Å². The number of hydrogen-bond acceptors (Lipinski definition) is 5. The maximum atomic E-state index is 12.2. The van der Waals surface area contributed by atoms with Crippen molar-refractivity contribution in [3.63, 3.8) is 0 Å². The standard InChI is InChI=1S/C18H19N3O3S/c1-12-4-10-17(11-5-12)25-14(3)18(22)20-19-13(2)15-6-8-16(9-7-15)21(23)24/h4-11,14H,1-3H3,(H,20,22)/b19-13-/t14-/m0/s1. The number of aryl methyl sites for hydroxylation is 1. The van der Waals surface area contributed by atoms with E-state index in [4.69, 9.17) is 0 Å². The van der Waals surface area contributed by atoms with Gasteiger partial charge in [0, 0.05) is 17.0 Å². The first-order chi connectivity index (χ1) is 11.9. The van der Waals surface area contributed by atoms with Crippen LogP contribution in [0.2, 0.25) is 0 Å². The summed E-state index contributed by atoms with van der Waals surface area (Å²) < 4.78 is 0. The van der Waals surface area contributed by atoms with Gasteiger partial charge in [0.2, 0.25) is 0 Å². The molecule has 2 rings (SSSR count). The van der Waals surface area contributed by atoms with Gasteiger partial charge in [0.25, 0.3) is 11.6 Å². The molecular formula is C18H19N3O3S. The Hall–Kier alpha value is -2.67. The SMILES string of the molecule is C/C(=N/NC(=O)[C@H](C)Sc1ccc(C)cc1)c1ccc([N+](=O)[O-])cc1. The molecule has 0 unspecified atom stereocenters. The summed E-state index contributed by atoms with van der Waals surface area (Å²) in [5, 5.41) is 14.4. The van der Waals surface area contributed by atoms with Crippen LogP contribution in [-0.4, -0.2) is 21.8 Å². The zero-order chi connectivity index (χ0) is 18.4. The third-order valence-electron chi connectivity index (χ3n) is 3.53. The predicted molar refractivity (Wildman–Crippen MR) is 99.9 cm³/mol. The maximum absolute atomic E-state index is 12.2. The molecule has 0 saturated heterocycles. The molecule has 0 fully saturated rings. The molecule has 130 valence electrons. The summed E-state index contributed by atoms with van der Waals surface area (Å²) in [5.41, 5.74) is 5.02. The van der Waals surface area contributed by atoms with Crippen molar-refractivity contribution >= 4 is 29.1 Å². The topological polar surface area (TPSA) is 84.6 Å². The van der Waals surface area contributed by atoms with Crippen molar-refractivity contribution in [3.05, 3.63) is 69.8 Å². The van der Waals surface area contributed by atoms with Gasteiger partial charge in [-0.3, -0.25) is 14.9 Å². The number of carbonyl (C=O) groups excluding carboxylic acids is 1. The summed E-state index contributed by atoms with van der Waals surface area (Å²) in [6.45, 7) is 5.57. The Balaban J connectivity index is 1.95. The highest BCUT2D eigenvalue weighted by molar-refractivity contribution is 8.00. The molecular weight excluding hydrogens is 338 g/mol. The number of carbonyl (C=O) groups is 1. The fraction of sp³-hybridized carbons (Fsp3) is 0.222. The lowest BCUT2D eigenvalue weighted by Crippen LogP contribution is -2.27. The molecule has 0 aliphatic heterocycles. The van der Waals surface area contributed by atoms with E-state index in [9.17, 15) is 14.9 Å². The molecule has 0 saturated carbocycles. The summed E-state index contributed by atoms with van der Waals surface area (Å²) in [7, 11) is 0. The molecule has 0 aromatic heterocycles. The Kier molecular flexibility index (Phi) is 6.30. The molecule has 6 nitrogen and oxygen atoms in total. The first-order valence-electron chi connectivity index (χ1n) is 7.69. The zero-order valence-electron chi connectivity index (χ0n) is 14.2. The molecule has 0 aliphatic carbocycles. The van der Waals surface area contributed by atoms with E-state index in [0.717, 1.165) is 4.90 Å². The van der Waals surface area contributed by atoms with E-state index in [-0.39, 0.29) is 16.8 Å². The number of hydrogen-bond donors (Lipinski definition) is 1. The van der Waals surface area contributed by atoms with Crippen LogP contribution < -0.4 is 5.43 Å². The lowest BCUT2D eigenvalue weighted by atomic mass is 10.1. The highest BCUT2D eigenvalue weighted by Crippen LogP contribution is 2.23. The summed E-state index contributed by atoms with van der Waals surface area (Å²) in [6.07, 6.45) is 0. The van der Waals surface area contributed by atoms with Crippen LogP contribution in [0, 0.1) is 17.0 Å². The Labute approximate surface area is 150 Å². The molecule has 0 heterocycles. The lowest BCUT2D eigenvalue weighted by molar-refractivity contribution is -0.384. The summed E-state index contributed by atoms with van der Waals surface area (Å²) >= 11 is 1.46. The minimum atomic E-state index is -0.456. The van der Waals surface area contributed by atoms with Crippen LogP contribution in [-0.2, 0) is 4.79 Å². The van der Waals surface area contributed by atoms with E-state index in [1.54, 1.807) is 19.1 Å². The van der Waals surface area contributed by atoms with Crippen LogP contribution in [0.25, 0.3) is 0 Å². The van der Waals surface area contributed by atoms with Crippen LogP contribution in [0.3, 0.4) is 0 Å². The summed E-state index contributed by atoms with van der Waals surface area (Å²) in [5.74, 6) is -0.202. The zero-order valence-corrected chi connectivity index (χ0v) is 15.0. The Bertz CT molecular complexity index is 786. The van der Waals surface area contributed by atoms with Crippen molar-refractivity contribution in [1.82, 2.24) is 5.43 Å². The number of hydrazone groups is 1. The van der Waals surface area contributed by atoms with Crippen molar-refractivity contribution in [2.75, 3.05) is 0 Å². The second-order valence-corrected chi connectivity index (χ2v) is 6.96. The first kappa shape index (κ1) is 18.7. The first-order valence-corrected chi connectivity index (χ1v) is 8.57. The van der Waals surface area contributed by atoms with Crippen LogP contribution in [0.15, 0.2) is 58.5 Å². The normalized spacial score (nSPS) is 12.5. The third-order valence-corrected chi connectivity index (χ3v) is 4.64. The van der Waals surface area contributed by atoms with E-state index in [2.05, 4.69) is 10.5 Å². The summed E-state index contributed by atoms with van der Waals surface area (Å²) in [6, 6.07) is 14.0. The van der Waals surface area contributed by atoms with Gasteiger partial charge in [0.05, 0.1) is 15.9 Å². The number of nitro groups is 1. The molecule has 0 spiro atoms. The molecule has 0 radical (unpaired) electrons. The number of nitro benzene ring substituents is 1. The van der Waals surface area contributed by atoms with Crippen molar-refractivity contribution in [3.8, 4) is 0 Å². The average molecular weight is 357 g/mol. The molecule has 2 aromatic rings. The molecule has 2 aromatic carbocycles. The van der Waals surface area contributed by atoms with Crippen molar-refractivity contribution in [1.29, 1.82) is 0 Å². The fourth-order valence-corrected chi connectivity index (χ4v) is 2.85. The average Bonchev–Trinajstić information content (AvgIpc) is 2.61. The number of nitrogens with zero attached hydrogens (tertiary/aromatic N) is 2. The molecule has 1 N–H and O–H groups in total.